The number of primary sulfonamides is 1. The van der Waals surface area contributed by atoms with Gasteiger partial charge in [0.05, 0.1) is 21.7 Å². The molecular weight excluding hydrogens is 402 g/mol. The van der Waals surface area contributed by atoms with Crippen LogP contribution in [0.1, 0.15) is 10.4 Å². The zero-order valence-electron chi connectivity index (χ0n) is 14.2. The van der Waals surface area contributed by atoms with Gasteiger partial charge in [-0.25, -0.2) is 13.6 Å². The highest BCUT2D eigenvalue weighted by Crippen LogP contribution is 2.21. The fourth-order valence-electron chi connectivity index (χ4n) is 2.44. The van der Waals surface area contributed by atoms with Crippen molar-refractivity contribution >= 4 is 49.2 Å². The van der Waals surface area contributed by atoms with Gasteiger partial charge >= 0.3 is 0 Å². The van der Waals surface area contributed by atoms with Crippen LogP contribution in [0.2, 0.25) is 0 Å². The molecule has 0 saturated heterocycles. The second-order valence-corrected chi connectivity index (χ2v) is 8.95. The van der Waals surface area contributed by atoms with Gasteiger partial charge in [-0.1, -0.05) is 17.3 Å². The molecule has 0 radical (unpaired) electrons. The average Bonchev–Trinajstić information content (AvgIpc) is 2.98. The molecule has 0 spiro atoms. The van der Waals surface area contributed by atoms with Crippen LogP contribution in [0.4, 0.5) is 0 Å². The second-order valence-electron chi connectivity index (χ2n) is 5.49. The quantitative estimate of drug-likeness (QED) is 0.521. The van der Waals surface area contributed by atoms with Crippen molar-refractivity contribution in [1.82, 2.24) is 4.57 Å². The first-order chi connectivity index (χ1) is 12.8. The minimum Gasteiger partial charge on any atom is -0.305 e. The number of hydrogen-bond donors (Lipinski definition) is 1. The molecular formula is C18H15N3O3S3. The molecule has 27 heavy (non-hydrogen) atoms. The molecule has 2 N–H and O–H groups in total. The third kappa shape index (κ3) is 4.14. The summed E-state index contributed by atoms with van der Waals surface area (Å²) in [5, 5.41) is 5.19. The van der Waals surface area contributed by atoms with Crippen LogP contribution in [-0.2, 0) is 16.6 Å². The van der Waals surface area contributed by atoms with Gasteiger partial charge in [0.2, 0.25) is 10.0 Å². The number of thioether (sulfide) groups is 1. The first-order valence-electron chi connectivity index (χ1n) is 7.66. The number of hydrogen-bond acceptors (Lipinski definition) is 5. The first kappa shape index (κ1) is 19.4. The lowest BCUT2D eigenvalue weighted by molar-refractivity contribution is 0.0998. The van der Waals surface area contributed by atoms with Crippen LogP contribution < -0.4 is 9.94 Å². The lowest BCUT2D eigenvalue weighted by Crippen LogP contribution is -2.16. The number of terminal acetylenes is 1. The first-order valence-corrected chi connectivity index (χ1v) is 11.2. The number of amides is 1. The smallest absolute Gasteiger partial charge is 0.279 e. The number of carbonyl (C=O) groups excluding carboxylic acids is 1. The molecule has 0 fully saturated rings. The zero-order chi connectivity index (χ0) is 19.6. The fourth-order valence-corrected chi connectivity index (χ4v) is 4.53. The minimum absolute atomic E-state index is 0.00496. The van der Waals surface area contributed by atoms with Crippen molar-refractivity contribution in [3.8, 4) is 12.3 Å². The van der Waals surface area contributed by atoms with E-state index in [2.05, 4.69) is 10.9 Å². The number of carbonyl (C=O) groups is 1. The number of thiazole rings is 1. The van der Waals surface area contributed by atoms with Gasteiger partial charge in [-0.15, -0.1) is 18.2 Å². The summed E-state index contributed by atoms with van der Waals surface area (Å²) < 4.78 is 25.5. The number of sulfonamides is 1. The fraction of sp³-hybridized carbons (Fsp3) is 0.111. The third-order valence-electron chi connectivity index (χ3n) is 3.77. The highest BCUT2D eigenvalue weighted by atomic mass is 32.2. The Bertz CT molecular complexity index is 1230. The van der Waals surface area contributed by atoms with Crippen molar-refractivity contribution in [3.63, 3.8) is 0 Å². The van der Waals surface area contributed by atoms with Crippen molar-refractivity contribution in [2.75, 3.05) is 6.26 Å². The summed E-state index contributed by atoms with van der Waals surface area (Å²) in [5.41, 5.74) is 1.15. The Morgan fingerprint density at radius 3 is 2.59 bits per heavy atom. The molecule has 9 heteroatoms. The van der Waals surface area contributed by atoms with E-state index in [0.717, 1.165) is 4.90 Å². The number of nitrogens with two attached hydrogens (primary N) is 1. The molecule has 1 aromatic heterocycles. The number of aromatic nitrogens is 1. The summed E-state index contributed by atoms with van der Waals surface area (Å²) in [7, 11) is -3.83. The highest BCUT2D eigenvalue weighted by Gasteiger charge is 2.13. The Morgan fingerprint density at radius 2 is 2.00 bits per heavy atom. The molecule has 6 nitrogen and oxygen atoms in total. The van der Waals surface area contributed by atoms with Gasteiger partial charge < -0.3 is 4.57 Å². The molecule has 0 saturated carbocycles. The van der Waals surface area contributed by atoms with Crippen molar-refractivity contribution in [3.05, 3.63) is 52.8 Å². The Kier molecular flexibility index (Phi) is 5.53. The number of fused-ring (bicyclic) bond motifs is 1. The molecule has 0 aliphatic carbocycles. The van der Waals surface area contributed by atoms with Crippen LogP contribution in [0.15, 0.2) is 57.2 Å². The summed E-state index contributed by atoms with van der Waals surface area (Å²) in [6.45, 7) is 0.201. The van der Waals surface area contributed by atoms with E-state index in [1.165, 1.54) is 23.5 Å². The molecule has 3 rings (SSSR count). The van der Waals surface area contributed by atoms with Crippen molar-refractivity contribution in [2.24, 2.45) is 10.1 Å². The summed E-state index contributed by atoms with van der Waals surface area (Å²) in [6.07, 6.45) is 7.40. The molecule has 0 atom stereocenters. The van der Waals surface area contributed by atoms with Crippen LogP contribution >= 0.6 is 23.1 Å². The SMILES string of the molecule is C#CCn1c(=NC(=O)c2ccc(SC)cc2)sc2cc(S(N)(=O)=O)ccc21. The molecule has 0 bridgehead atoms. The molecule has 1 amide bonds. The molecule has 0 aliphatic heterocycles. The van der Waals surface area contributed by atoms with Crippen LogP contribution in [-0.4, -0.2) is 25.1 Å². The van der Waals surface area contributed by atoms with E-state index in [1.54, 1.807) is 34.5 Å². The van der Waals surface area contributed by atoms with Crippen LogP contribution in [0.3, 0.4) is 0 Å². The van der Waals surface area contributed by atoms with Gasteiger partial charge in [0.15, 0.2) is 4.80 Å². The Hall–Kier alpha value is -2.38. The van der Waals surface area contributed by atoms with E-state index in [9.17, 15) is 13.2 Å². The van der Waals surface area contributed by atoms with E-state index < -0.39 is 15.9 Å². The normalized spacial score (nSPS) is 12.3. The highest BCUT2D eigenvalue weighted by molar-refractivity contribution is 7.98. The maximum absolute atomic E-state index is 12.5. The monoisotopic (exact) mass is 417 g/mol. The summed E-state index contributed by atoms with van der Waals surface area (Å²) >= 11 is 2.76. The van der Waals surface area contributed by atoms with E-state index in [0.29, 0.717) is 20.6 Å². The zero-order valence-corrected chi connectivity index (χ0v) is 16.7. The topological polar surface area (TPSA) is 94.5 Å². The van der Waals surface area contributed by atoms with Gasteiger partial charge in [0, 0.05) is 10.5 Å². The van der Waals surface area contributed by atoms with E-state index in [-0.39, 0.29) is 11.4 Å². The summed E-state index contributed by atoms with van der Waals surface area (Å²) in [4.78, 5) is 18.2. The predicted octanol–water partition coefficient (Wildman–Crippen LogP) is 2.45. The van der Waals surface area contributed by atoms with Crippen LogP contribution in [0.5, 0.6) is 0 Å². The van der Waals surface area contributed by atoms with Crippen molar-refractivity contribution in [1.29, 1.82) is 0 Å². The number of nitrogens with zero attached hydrogens (tertiary/aromatic N) is 2. The molecule has 3 aromatic rings. The van der Waals surface area contributed by atoms with Crippen LogP contribution in [0, 0.1) is 12.3 Å². The molecule has 138 valence electrons. The molecule has 2 aromatic carbocycles. The summed E-state index contributed by atoms with van der Waals surface area (Å²) in [6, 6.07) is 11.6. The van der Waals surface area contributed by atoms with Crippen LogP contribution in [0.25, 0.3) is 10.2 Å². The predicted molar refractivity (Wildman–Crippen MR) is 108 cm³/mol. The third-order valence-corrected chi connectivity index (χ3v) is 6.46. The maximum atomic E-state index is 12.5. The standard InChI is InChI=1S/C18H15N3O3S3/c1-3-10-21-15-9-8-14(27(19,23)24)11-16(15)26-18(21)20-17(22)12-4-6-13(25-2)7-5-12/h1,4-9,11H,10H2,2H3,(H2,19,23,24). The number of benzene rings is 2. The van der Waals surface area contributed by atoms with E-state index in [1.807, 2.05) is 18.4 Å². The number of rotatable bonds is 4. The summed E-state index contributed by atoms with van der Waals surface area (Å²) in [5.74, 6) is 2.13. The van der Waals surface area contributed by atoms with E-state index in [4.69, 9.17) is 11.6 Å². The van der Waals surface area contributed by atoms with Crippen molar-refractivity contribution in [2.45, 2.75) is 16.3 Å². The molecule has 0 unspecified atom stereocenters. The molecule has 0 aliphatic rings. The largest absolute Gasteiger partial charge is 0.305 e. The second kappa shape index (κ2) is 7.70. The van der Waals surface area contributed by atoms with Gasteiger partial charge in [0.25, 0.3) is 5.91 Å². The lowest BCUT2D eigenvalue weighted by Gasteiger charge is -2.01. The van der Waals surface area contributed by atoms with Gasteiger partial charge in [0.1, 0.15) is 0 Å². The van der Waals surface area contributed by atoms with E-state index >= 15 is 0 Å². The van der Waals surface area contributed by atoms with Gasteiger partial charge in [-0.3, -0.25) is 4.79 Å². The average molecular weight is 418 g/mol. The van der Waals surface area contributed by atoms with Gasteiger partial charge in [-0.2, -0.15) is 4.99 Å². The molecule has 1 heterocycles. The van der Waals surface area contributed by atoms with Crippen molar-refractivity contribution < 1.29 is 13.2 Å². The van der Waals surface area contributed by atoms with Gasteiger partial charge in [-0.05, 0) is 48.7 Å². The lowest BCUT2D eigenvalue weighted by atomic mass is 10.2. The minimum atomic E-state index is -3.83. The Balaban J connectivity index is 2.13. The maximum Gasteiger partial charge on any atom is 0.279 e. The Morgan fingerprint density at radius 1 is 1.30 bits per heavy atom. The Labute approximate surface area is 164 Å².